The first-order valence-corrected chi connectivity index (χ1v) is 10.1. The van der Waals surface area contributed by atoms with Gasteiger partial charge in [0.1, 0.15) is 13.2 Å². The molecule has 2 N–H and O–H groups in total. The summed E-state index contributed by atoms with van der Waals surface area (Å²) in [7, 11) is 0. The molecular formula is C20H25N3O4S. The van der Waals surface area contributed by atoms with Gasteiger partial charge in [0.15, 0.2) is 16.6 Å². The predicted octanol–water partition coefficient (Wildman–Crippen LogP) is 2.17. The highest BCUT2D eigenvalue weighted by Gasteiger charge is 2.22. The molecule has 3 heterocycles. The van der Waals surface area contributed by atoms with Crippen molar-refractivity contribution < 1.29 is 14.2 Å². The van der Waals surface area contributed by atoms with Gasteiger partial charge in [-0.05, 0) is 44.1 Å². The van der Waals surface area contributed by atoms with Crippen LogP contribution in [0.5, 0.6) is 11.5 Å². The molecule has 0 amide bonds. The lowest BCUT2D eigenvalue weighted by molar-refractivity contribution is 0.0897. The highest BCUT2D eigenvalue weighted by molar-refractivity contribution is 7.80. The van der Waals surface area contributed by atoms with Crippen molar-refractivity contribution in [2.75, 3.05) is 32.9 Å². The second-order valence-electron chi connectivity index (χ2n) is 7.06. The Morgan fingerprint density at radius 1 is 1.25 bits per heavy atom. The zero-order valence-corrected chi connectivity index (χ0v) is 16.8. The van der Waals surface area contributed by atoms with Gasteiger partial charge in [-0.15, -0.1) is 0 Å². The normalized spacial score (nSPS) is 18.2. The molecule has 1 atom stereocenters. The molecule has 2 aliphatic rings. The summed E-state index contributed by atoms with van der Waals surface area (Å²) in [4.78, 5) is 17.7. The number of H-pyrrole nitrogens is 1. The van der Waals surface area contributed by atoms with E-state index in [9.17, 15) is 4.79 Å². The molecule has 1 fully saturated rings. The fourth-order valence-corrected chi connectivity index (χ4v) is 3.91. The summed E-state index contributed by atoms with van der Waals surface area (Å²) in [6, 6.07) is 5.64. The van der Waals surface area contributed by atoms with Gasteiger partial charge in [-0.3, -0.25) is 4.79 Å². The molecule has 28 heavy (non-hydrogen) atoms. The Labute approximate surface area is 169 Å². The number of nitrogens with zero attached hydrogens (tertiary/aromatic N) is 1. The highest BCUT2D eigenvalue weighted by atomic mass is 32.1. The maximum Gasteiger partial charge on any atom is 0.253 e. The predicted molar refractivity (Wildman–Crippen MR) is 111 cm³/mol. The van der Waals surface area contributed by atoms with E-state index in [1.807, 2.05) is 30.0 Å². The van der Waals surface area contributed by atoms with Crippen LogP contribution in [0.15, 0.2) is 23.0 Å². The Balaban J connectivity index is 1.62. The largest absolute Gasteiger partial charge is 0.486 e. The van der Waals surface area contributed by atoms with Crippen molar-refractivity contribution in [2.45, 2.75) is 32.4 Å². The van der Waals surface area contributed by atoms with E-state index < -0.39 is 0 Å². The molecule has 0 spiro atoms. The maximum absolute atomic E-state index is 12.7. The van der Waals surface area contributed by atoms with Gasteiger partial charge in [0.25, 0.3) is 5.56 Å². The third-order valence-electron chi connectivity index (χ3n) is 5.01. The van der Waals surface area contributed by atoms with E-state index in [0.717, 1.165) is 36.9 Å². The van der Waals surface area contributed by atoms with Gasteiger partial charge in [-0.25, -0.2) is 0 Å². The van der Waals surface area contributed by atoms with Gasteiger partial charge >= 0.3 is 0 Å². The number of ether oxygens (including phenoxy) is 3. The van der Waals surface area contributed by atoms with Crippen LogP contribution in [0.2, 0.25) is 0 Å². The minimum absolute atomic E-state index is 0.124. The molecule has 0 bridgehead atoms. The average molecular weight is 404 g/mol. The summed E-state index contributed by atoms with van der Waals surface area (Å²) in [6.45, 7) is 5.66. The Hall–Kier alpha value is -2.32. The smallest absolute Gasteiger partial charge is 0.253 e. The number of fused-ring (bicyclic) bond motifs is 2. The summed E-state index contributed by atoms with van der Waals surface area (Å²) >= 11 is 5.54. The third-order valence-corrected chi connectivity index (χ3v) is 5.41. The number of pyridine rings is 1. The molecule has 1 aromatic heterocycles. The van der Waals surface area contributed by atoms with Crippen molar-refractivity contribution in [1.82, 2.24) is 15.2 Å². The van der Waals surface area contributed by atoms with E-state index in [0.29, 0.717) is 48.5 Å². The van der Waals surface area contributed by atoms with E-state index in [1.165, 1.54) is 0 Å². The molecule has 0 saturated carbocycles. The van der Waals surface area contributed by atoms with Crippen molar-refractivity contribution in [3.8, 4) is 11.5 Å². The van der Waals surface area contributed by atoms with Crippen LogP contribution in [0.3, 0.4) is 0 Å². The Morgan fingerprint density at radius 2 is 2.04 bits per heavy atom. The van der Waals surface area contributed by atoms with Crippen molar-refractivity contribution in [1.29, 1.82) is 0 Å². The molecule has 1 unspecified atom stereocenters. The highest BCUT2D eigenvalue weighted by Crippen LogP contribution is 2.33. The third kappa shape index (κ3) is 4.07. The molecule has 0 radical (unpaired) electrons. The summed E-state index contributed by atoms with van der Waals surface area (Å²) in [5.41, 5.74) is 1.26. The molecule has 1 aromatic carbocycles. The molecule has 2 aliphatic heterocycles. The molecular weight excluding hydrogens is 378 g/mol. The van der Waals surface area contributed by atoms with Crippen LogP contribution in [0.1, 0.15) is 25.3 Å². The summed E-state index contributed by atoms with van der Waals surface area (Å²) in [5.74, 6) is 1.37. The van der Waals surface area contributed by atoms with Crippen molar-refractivity contribution in [3.05, 3.63) is 34.1 Å². The van der Waals surface area contributed by atoms with Gasteiger partial charge in [-0.1, -0.05) is 0 Å². The Bertz CT molecular complexity index is 924. The number of aromatic amines is 1. The van der Waals surface area contributed by atoms with Crippen LogP contribution >= 0.6 is 12.2 Å². The van der Waals surface area contributed by atoms with Crippen molar-refractivity contribution in [3.63, 3.8) is 0 Å². The van der Waals surface area contributed by atoms with Crippen molar-refractivity contribution >= 4 is 28.2 Å². The minimum Gasteiger partial charge on any atom is -0.486 e. The lowest BCUT2D eigenvalue weighted by Gasteiger charge is -2.28. The van der Waals surface area contributed by atoms with Gasteiger partial charge in [0, 0.05) is 36.7 Å². The van der Waals surface area contributed by atoms with E-state index in [-0.39, 0.29) is 11.7 Å². The second-order valence-corrected chi connectivity index (χ2v) is 7.44. The molecule has 150 valence electrons. The van der Waals surface area contributed by atoms with Gasteiger partial charge in [0.05, 0.1) is 18.2 Å². The van der Waals surface area contributed by atoms with Crippen LogP contribution in [-0.2, 0) is 11.3 Å². The van der Waals surface area contributed by atoms with Gasteiger partial charge < -0.3 is 29.4 Å². The van der Waals surface area contributed by atoms with E-state index in [4.69, 9.17) is 26.4 Å². The first-order valence-electron chi connectivity index (χ1n) is 9.74. The Morgan fingerprint density at radius 3 is 2.75 bits per heavy atom. The monoisotopic (exact) mass is 403 g/mol. The van der Waals surface area contributed by atoms with E-state index >= 15 is 0 Å². The fourth-order valence-electron chi connectivity index (χ4n) is 3.63. The van der Waals surface area contributed by atoms with Crippen LogP contribution in [0.25, 0.3) is 10.9 Å². The molecule has 2 aromatic rings. The fraction of sp³-hybridized carbons (Fsp3) is 0.500. The SMILES string of the molecule is CCNC(=S)N(Cc1cc2cc3c(cc2[nH]c1=O)OCCO3)CC1CCCO1. The van der Waals surface area contributed by atoms with E-state index in [2.05, 4.69) is 10.3 Å². The zero-order valence-electron chi connectivity index (χ0n) is 16.0. The number of aromatic nitrogens is 1. The lowest BCUT2D eigenvalue weighted by Crippen LogP contribution is -2.43. The number of hydrogen-bond acceptors (Lipinski definition) is 5. The first kappa shape index (κ1) is 19.0. The van der Waals surface area contributed by atoms with Gasteiger partial charge in [0.2, 0.25) is 0 Å². The summed E-state index contributed by atoms with van der Waals surface area (Å²) in [6.07, 6.45) is 2.23. The summed E-state index contributed by atoms with van der Waals surface area (Å²) in [5, 5.41) is 4.74. The maximum atomic E-state index is 12.7. The number of rotatable bonds is 5. The minimum atomic E-state index is -0.124. The molecule has 1 saturated heterocycles. The molecule has 7 nitrogen and oxygen atoms in total. The first-order chi connectivity index (χ1) is 13.6. The average Bonchev–Trinajstić information content (AvgIpc) is 3.20. The number of nitrogens with one attached hydrogen (secondary N) is 2. The quantitative estimate of drug-likeness (QED) is 0.741. The number of hydrogen-bond donors (Lipinski definition) is 2. The van der Waals surface area contributed by atoms with Crippen LogP contribution in [0.4, 0.5) is 0 Å². The second kappa shape index (κ2) is 8.36. The van der Waals surface area contributed by atoms with Crippen LogP contribution < -0.4 is 20.3 Å². The zero-order chi connectivity index (χ0) is 19.5. The topological polar surface area (TPSA) is 75.8 Å². The molecule has 0 aliphatic carbocycles. The number of benzene rings is 1. The van der Waals surface area contributed by atoms with Crippen molar-refractivity contribution in [2.24, 2.45) is 0 Å². The molecule has 8 heteroatoms. The standard InChI is InChI=1S/C20H25N3O4S/c1-2-21-20(28)23(12-15-4-3-5-25-15)11-14-8-13-9-17-18(27-7-6-26-17)10-16(13)22-19(14)24/h8-10,15H,2-7,11-12H2,1H3,(H,21,28)(H,22,24). The van der Waals surface area contributed by atoms with Crippen LogP contribution in [-0.4, -0.2) is 54.0 Å². The molecule has 4 rings (SSSR count). The van der Waals surface area contributed by atoms with Crippen LogP contribution in [0, 0.1) is 0 Å². The van der Waals surface area contributed by atoms with E-state index in [1.54, 1.807) is 0 Å². The van der Waals surface area contributed by atoms with Gasteiger partial charge in [-0.2, -0.15) is 0 Å². The summed E-state index contributed by atoms with van der Waals surface area (Å²) < 4.78 is 17.0. The lowest BCUT2D eigenvalue weighted by atomic mass is 10.1. The Kier molecular flexibility index (Phi) is 5.68. The number of thiocarbonyl (C=S) groups is 1.